The van der Waals surface area contributed by atoms with Crippen molar-refractivity contribution in [3.8, 4) is 0 Å². The highest BCUT2D eigenvalue weighted by atomic mass is 16.3. The van der Waals surface area contributed by atoms with E-state index in [9.17, 15) is 5.11 Å². The van der Waals surface area contributed by atoms with Crippen LogP contribution in [0.15, 0.2) is 0 Å². The fourth-order valence-electron chi connectivity index (χ4n) is 3.74. The first-order valence-electron chi connectivity index (χ1n) is 4.82. The van der Waals surface area contributed by atoms with Crippen LogP contribution >= 0.6 is 0 Å². The summed E-state index contributed by atoms with van der Waals surface area (Å²) < 4.78 is 0. The van der Waals surface area contributed by atoms with E-state index in [1.807, 2.05) is 0 Å². The SMILES string of the molecule is OC12[CH]C3CC(CC(C3)C1)C2. The second-order valence-corrected chi connectivity index (χ2v) is 4.88. The molecule has 0 amide bonds. The van der Waals surface area contributed by atoms with Gasteiger partial charge in [0.25, 0.3) is 0 Å². The van der Waals surface area contributed by atoms with Gasteiger partial charge in [-0.05, 0) is 56.3 Å². The Bertz CT molecular complexity index is 150. The molecule has 2 atom stereocenters. The lowest BCUT2D eigenvalue weighted by atomic mass is 9.54. The Labute approximate surface area is 67.8 Å². The Morgan fingerprint density at radius 2 is 1.73 bits per heavy atom. The van der Waals surface area contributed by atoms with Gasteiger partial charge in [0.1, 0.15) is 0 Å². The molecule has 1 heteroatoms. The molecule has 4 aliphatic carbocycles. The Balaban J connectivity index is 1.94. The molecule has 1 radical (unpaired) electrons. The third-order valence-electron chi connectivity index (χ3n) is 3.77. The summed E-state index contributed by atoms with van der Waals surface area (Å²) in [6, 6.07) is 0. The lowest BCUT2D eigenvalue weighted by molar-refractivity contribution is -0.0811. The summed E-state index contributed by atoms with van der Waals surface area (Å²) in [5.74, 6) is 2.50. The van der Waals surface area contributed by atoms with Crippen molar-refractivity contribution in [2.75, 3.05) is 0 Å². The molecule has 0 aromatic rings. The molecule has 2 unspecified atom stereocenters. The van der Waals surface area contributed by atoms with Crippen LogP contribution in [0.25, 0.3) is 0 Å². The van der Waals surface area contributed by atoms with Gasteiger partial charge >= 0.3 is 0 Å². The van der Waals surface area contributed by atoms with Gasteiger partial charge in [0.05, 0.1) is 5.60 Å². The smallest absolute Gasteiger partial charge is 0.0687 e. The minimum atomic E-state index is -0.325. The lowest BCUT2D eigenvalue weighted by Crippen LogP contribution is -2.50. The summed E-state index contributed by atoms with van der Waals surface area (Å²) in [5, 5.41) is 10.0. The second-order valence-electron chi connectivity index (χ2n) is 4.88. The van der Waals surface area contributed by atoms with Crippen molar-refractivity contribution in [3.05, 3.63) is 6.42 Å². The minimum Gasteiger partial charge on any atom is -0.390 e. The highest BCUT2D eigenvalue weighted by Gasteiger charge is 2.50. The van der Waals surface area contributed by atoms with E-state index >= 15 is 0 Å². The third-order valence-corrected chi connectivity index (χ3v) is 3.77. The molecule has 11 heavy (non-hydrogen) atoms. The average Bonchev–Trinajstić information content (AvgIpc) is 1.79. The highest BCUT2D eigenvalue weighted by Crippen LogP contribution is 2.54. The van der Waals surface area contributed by atoms with Gasteiger partial charge in [0.2, 0.25) is 0 Å². The van der Waals surface area contributed by atoms with Crippen molar-refractivity contribution in [2.45, 2.75) is 37.7 Å². The van der Waals surface area contributed by atoms with E-state index in [4.69, 9.17) is 0 Å². The summed E-state index contributed by atoms with van der Waals surface area (Å²) in [5.41, 5.74) is -0.325. The molecule has 4 rings (SSSR count). The molecule has 61 valence electrons. The van der Waals surface area contributed by atoms with E-state index in [1.165, 1.54) is 19.3 Å². The molecular formula is C10H15O. The topological polar surface area (TPSA) is 20.2 Å². The van der Waals surface area contributed by atoms with Crippen molar-refractivity contribution in [2.24, 2.45) is 17.8 Å². The lowest BCUT2D eigenvalue weighted by Gasteiger charge is -2.54. The molecule has 0 heterocycles. The Kier molecular flexibility index (Phi) is 1.07. The number of rotatable bonds is 0. The number of hydrogen-bond donors (Lipinski definition) is 1. The molecule has 4 bridgehead atoms. The molecule has 0 saturated heterocycles. The number of aliphatic hydroxyl groups is 1. The van der Waals surface area contributed by atoms with Crippen molar-refractivity contribution >= 4 is 0 Å². The quantitative estimate of drug-likeness (QED) is 0.559. The van der Waals surface area contributed by atoms with Gasteiger partial charge in [-0.3, -0.25) is 0 Å². The average molecular weight is 151 g/mol. The van der Waals surface area contributed by atoms with Crippen molar-refractivity contribution < 1.29 is 5.11 Å². The molecule has 4 saturated carbocycles. The Hall–Kier alpha value is -0.0400. The Morgan fingerprint density at radius 3 is 2.18 bits per heavy atom. The molecule has 1 N–H and O–H groups in total. The molecule has 4 fully saturated rings. The zero-order valence-corrected chi connectivity index (χ0v) is 6.79. The first-order chi connectivity index (χ1) is 5.23. The molecule has 0 aromatic heterocycles. The maximum absolute atomic E-state index is 10.0. The van der Waals surface area contributed by atoms with Gasteiger partial charge in [-0.1, -0.05) is 0 Å². The summed E-state index contributed by atoms with van der Waals surface area (Å²) in [6.45, 7) is 0. The van der Waals surface area contributed by atoms with Gasteiger partial charge in [-0.25, -0.2) is 0 Å². The van der Waals surface area contributed by atoms with Crippen molar-refractivity contribution in [1.29, 1.82) is 0 Å². The molecule has 0 aromatic carbocycles. The Morgan fingerprint density at radius 1 is 1.09 bits per heavy atom. The van der Waals surface area contributed by atoms with Crippen LogP contribution in [0.1, 0.15) is 32.1 Å². The molecule has 0 aliphatic heterocycles. The molecule has 0 spiro atoms. The second kappa shape index (κ2) is 1.82. The molecule has 1 nitrogen and oxygen atoms in total. The van der Waals surface area contributed by atoms with Crippen LogP contribution in [-0.4, -0.2) is 10.7 Å². The van der Waals surface area contributed by atoms with Gasteiger partial charge in [0, 0.05) is 0 Å². The van der Waals surface area contributed by atoms with E-state index in [0.29, 0.717) is 0 Å². The third kappa shape index (κ3) is 0.868. The summed E-state index contributed by atoms with van der Waals surface area (Å²) in [4.78, 5) is 0. The highest BCUT2D eigenvalue weighted by molar-refractivity contribution is 5.11. The van der Waals surface area contributed by atoms with E-state index in [0.717, 1.165) is 30.6 Å². The standard InChI is InChI=1S/C10H15O/c11-10-4-7-1-8(5-10)3-9(2-7)6-10/h4,7-9,11H,1-3,5-6H2. The summed E-state index contributed by atoms with van der Waals surface area (Å²) in [7, 11) is 0. The van der Waals surface area contributed by atoms with Crippen LogP contribution in [-0.2, 0) is 0 Å². The number of hydrogen-bond acceptors (Lipinski definition) is 1. The van der Waals surface area contributed by atoms with E-state index in [2.05, 4.69) is 6.42 Å². The monoisotopic (exact) mass is 151 g/mol. The van der Waals surface area contributed by atoms with Crippen LogP contribution in [0.2, 0.25) is 0 Å². The fourth-order valence-corrected chi connectivity index (χ4v) is 3.74. The van der Waals surface area contributed by atoms with Crippen molar-refractivity contribution in [3.63, 3.8) is 0 Å². The van der Waals surface area contributed by atoms with Crippen LogP contribution in [0.4, 0.5) is 0 Å². The van der Waals surface area contributed by atoms with Gasteiger partial charge in [0.15, 0.2) is 0 Å². The van der Waals surface area contributed by atoms with E-state index in [-0.39, 0.29) is 5.60 Å². The minimum absolute atomic E-state index is 0.325. The maximum atomic E-state index is 10.0. The zero-order valence-electron chi connectivity index (χ0n) is 6.79. The van der Waals surface area contributed by atoms with Crippen LogP contribution in [0.3, 0.4) is 0 Å². The summed E-state index contributed by atoms with van der Waals surface area (Å²) in [6.07, 6.45) is 8.53. The van der Waals surface area contributed by atoms with E-state index in [1.54, 1.807) is 0 Å². The zero-order chi connectivity index (χ0) is 7.47. The predicted molar refractivity (Wildman–Crippen MR) is 42.8 cm³/mol. The first-order valence-corrected chi connectivity index (χ1v) is 4.82. The van der Waals surface area contributed by atoms with Gasteiger partial charge in [-0.15, -0.1) is 0 Å². The van der Waals surface area contributed by atoms with Crippen LogP contribution < -0.4 is 0 Å². The van der Waals surface area contributed by atoms with Crippen LogP contribution in [0, 0.1) is 24.2 Å². The van der Waals surface area contributed by atoms with Crippen molar-refractivity contribution in [1.82, 2.24) is 0 Å². The van der Waals surface area contributed by atoms with Gasteiger partial charge in [-0.2, -0.15) is 0 Å². The fraction of sp³-hybridized carbons (Fsp3) is 0.900. The van der Waals surface area contributed by atoms with Crippen LogP contribution in [0.5, 0.6) is 0 Å². The first kappa shape index (κ1) is 6.47. The summed E-state index contributed by atoms with van der Waals surface area (Å²) >= 11 is 0. The van der Waals surface area contributed by atoms with Gasteiger partial charge < -0.3 is 5.11 Å². The van der Waals surface area contributed by atoms with E-state index < -0.39 is 0 Å². The molecular weight excluding hydrogens is 136 g/mol. The normalized spacial score (nSPS) is 60.3. The molecule has 4 aliphatic rings. The largest absolute Gasteiger partial charge is 0.390 e. The maximum Gasteiger partial charge on any atom is 0.0687 e. The predicted octanol–water partition coefficient (Wildman–Crippen LogP) is 1.76.